The van der Waals surface area contributed by atoms with Crippen LogP contribution in [0, 0.1) is 0 Å². The third kappa shape index (κ3) is 2.90. The highest BCUT2D eigenvalue weighted by molar-refractivity contribution is 6.40. The van der Waals surface area contributed by atoms with E-state index >= 15 is 0 Å². The van der Waals surface area contributed by atoms with Gasteiger partial charge in [0.25, 0.3) is 5.78 Å². The van der Waals surface area contributed by atoms with Crippen LogP contribution in [0.5, 0.6) is 0 Å². The third-order valence-corrected chi connectivity index (χ3v) is 2.12. The summed E-state index contributed by atoms with van der Waals surface area (Å²) in [7, 11) is 5.01. The summed E-state index contributed by atoms with van der Waals surface area (Å²) in [6.07, 6.45) is 0. The van der Waals surface area contributed by atoms with E-state index in [1.165, 1.54) is 7.11 Å². The Morgan fingerprint density at radius 1 is 1.25 bits per heavy atom. The first-order valence-corrected chi connectivity index (χ1v) is 4.91. The maximum absolute atomic E-state index is 11.7. The van der Waals surface area contributed by atoms with E-state index < -0.39 is 11.8 Å². The smallest absolute Gasteiger partial charge is 0.379 e. The molecule has 0 aliphatic rings. The SMILES string of the molecule is COC(=O)C(=O)c1ccccc1CN(C)C. The Labute approximate surface area is 94.8 Å². The lowest BCUT2D eigenvalue weighted by Gasteiger charge is -2.12. The van der Waals surface area contributed by atoms with E-state index in [4.69, 9.17) is 0 Å². The second kappa shape index (κ2) is 5.42. The fraction of sp³-hybridized carbons (Fsp3) is 0.333. The molecule has 0 saturated heterocycles. The van der Waals surface area contributed by atoms with Crippen molar-refractivity contribution >= 4 is 11.8 Å². The molecule has 0 aromatic heterocycles. The highest BCUT2D eigenvalue weighted by atomic mass is 16.5. The zero-order valence-electron chi connectivity index (χ0n) is 9.69. The van der Waals surface area contributed by atoms with E-state index in [-0.39, 0.29) is 0 Å². The molecule has 1 aromatic carbocycles. The van der Waals surface area contributed by atoms with Gasteiger partial charge in [-0.05, 0) is 19.7 Å². The summed E-state index contributed by atoms with van der Waals surface area (Å²) < 4.78 is 4.42. The number of Topliss-reactive ketones (excluding diaryl/α,β-unsaturated/α-hetero) is 1. The Morgan fingerprint density at radius 2 is 1.88 bits per heavy atom. The Hall–Kier alpha value is -1.68. The third-order valence-electron chi connectivity index (χ3n) is 2.12. The van der Waals surface area contributed by atoms with Gasteiger partial charge in [0.1, 0.15) is 0 Å². The second-order valence-corrected chi connectivity index (χ2v) is 3.72. The Balaban J connectivity index is 3.03. The van der Waals surface area contributed by atoms with E-state index in [2.05, 4.69) is 4.74 Å². The van der Waals surface area contributed by atoms with Crippen LogP contribution in [-0.2, 0) is 16.1 Å². The summed E-state index contributed by atoms with van der Waals surface area (Å²) in [6, 6.07) is 7.04. The van der Waals surface area contributed by atoms with Crippen LogP contribution in [0.3, 0.4) is 0 Å². The number of ether oxygens (including phenoxy) is 1. The van der Waals surface area contributed by atoms with Crippen molar-refractivity contribution in [1.29, 1.82) is 0 Å². The van der Waals surface area contributed by atoms with Crippen LogP contribution in [0.25, 0.3) is 0 Å². The molecule has 0 aliphatic heterocycles. The maximum Gasteiger partial charge on any atom is 0.379 e. The number of hydrogen-bond donors (Lipinski definition) is 0. The fourth-order valence-corrected chi connectivity index (χ4v) is 1.42. The van der Waals surface area contributed by atoms with E-state index in [1.807, 2.05) is 31.1 Å². The topological polar surface area (TPSA) is 46.6 Å². The molecule has 0 unspecified atom stereocenters. The predicted molar refractivity (Wildman–Crippen MR) is 60.2 cm³/mol. The molecule has 0 aliphatic carbocycles. The number of hydrogen-bond acceptors (Lipinski definition) is 4. The molecule has 0 amide bonds. The van der Waals surface area contributed by atoms with Crippen molar-refractivity contribution in [2.45, 2.75) is 6.54 Å². The van der Waals surface area contributed by atoms with E-state index in [0.717, 1.165) is 5.56 Å². The van der Waals surface area contributed by atoms with Gasteiger partial charge < -0.3 is 9.64 Å². The lowest BCUT2D eigenvalue weighted by atomic mass is 10.0. The van der Waals surface area contributed by atoms with Crippen LogP contribution < -0.4 is 0 Å². The molecule has 1 rings (SSSR count). The summed E-state index contributed by atoms with van der Waals surface area (Å²) in [5, 5.41) is 0. The van der Waals surface area contributed by atoms with Crippen molar-refractivity contribution < 1.29 is 14.3 Å². The molecular weight excluding hydrogens is 206 g/mol. The molecule has 86 valence electrons. The largest absolute Gasteiger partial charge is 0.463 e. The molecule has 4 heteroatoms. The number of carbonyl (C=O) groups is 2. The van der Waals surface area contributed by atoms with Crippen molar-refractivity contribution in [2.75, 3.05) is 21.2 Å². The number of esters is 1. The number of nitrogens with zero attached hydrogens (tertiary/aromatic N) is 1. The van der Waals surface area contributed by atoms with Gasteiger partial charge in [0.05, 0.1) is 7.11 Å². The summed E-state index contributed by atoms with van der Waals surface area (Å²) in [5.74, 6) is -1.42. The minimum Gasteiger partial charge on any atom is -0.463 e. The standard InChI is InChI=1S/C12H15NO3/c1-13(2)8-9-6-4-5-7-10(9)11(14)12(15)16-3/h4-7H,8H2,1-3H3. The van der Waals surface area contributed by atoms with Gasteiger partial charge in [0.15, 0.2) is 0 Å². The van der Waals surface area contributed by atoms with E-state index in [9.17, 15) is 9.59 Å². The Kier molecular flexibility index (Phi) is 4.19. The quantitative estimate of drug-likeness (QED) is 0.434. The summed E-state index contributed by atoms with van der Waals surface area (Å²) in [5.41, 5.74) is 1.23. The summed E-state index contributed by atoms with van der Waals surface area (Å²) in [4.78, 5) is 24.8. The van der Waals surface area contributed by atoms with Crippen LogP contribution >= 0.6 is 0 Å². The van der Waals surface area contributed by atoms with Crippen molar-refractivity contribution in [2.24, 2.45) is 0 Å². The van der Waals surface area contributed by atoms with Gasteiger partial charge in [-0.15, -0.1) is 0 Å². The average molecular weight is 221 g/mol. The zero-order chi connectivity index (χ0) is 12.1. The van der Waals surface area contributed by atoms with E-state index in [0.29, 0.717) is 12.1 Å². The van der Waals surface area contributed by atoms with Gasteiger partial charge in [0.2, 0.25) is 0 Å². The maximum atomic E-state index is 11.7. The molecule has 0 heterocycles. The summed E-state index contributed by atoms with van der Waals surface area (Å²) in [6.45, 7) is 0.610. The van der Waals surface area contributed by atoms with Crippen LogP contribution in [0.2, 0.25) is 0 Å². The molecule has 1 aromatic rings. The molecule has 16 heavy (non-hydrogen) atoms. The summed E-state index contributed by atoms with van der Waals surface area (Å²) >= 11 is 0. The van der Waals surface area contributed by atoms with Gasteiger partial charge in [-0.2, -0.15) is 0 Å². The molecule has 0 atom stereocenters. The molecule has 0 bridgehead atoms. The lowest BCUT2D eigenvalue weighted by Crippen LogP contribution is -2.20. The number of carbonyl (C=O) groups excluding carboxylic acids is 2. The molecule has 0 N–H and O–H groups in total. The zero-order valence-corrected chi connectivity index (χ0v) is 9.69. The highest BCUT2D eigenvalue weighted by Gasteiger charge is 2.19. The van der Waals surface area contributed by atoms with Gasteiger partial charge in [-0.3, -0.25) is 4.79 Å². The minimum absolute atomic E-state index is 0.406. The van der Waals surface area contributed by atoms with E-state index in [1.54, 1.807) is 12.1 Å². The van der Waals surface area contributed by atoms with Gasteiger partial charge in [0, 0.05) is 12.1 Å². The first kappa shape index (κ1) is 12.4. The molecular formula is C12H15NO3. The number of ketones is 1. The van der Waals surface area contributed by atoms with Crippen molar-refractivity contribution in [3.63, 3.8) is 0 Å². The Bertz CT molecular complexity index is 399. The van der Waals surface area contributed by atoms with Gasteiger partial charge in [-0.25, -0.2) is 4.79 Å². The number of benzene rings is 1. The fourth-order valence-electron chi connectivity index (χ4n) is 1.42. The molecule has 0 spiro atoms. The first-order chi connectivity index (χ1) is 7.56. The normalized spacial score (nSPS) is 10.2. The molecule has 4 nitrogen and oxygen atoms in total. The van der Waals surface area contributed by atoms with Gasteiger partial charge in [-0.1, -0.05) is 24.3 Å². The van der Waals surface area contributed by atoms with Gasteiger partial charge >= 0.3 is 5.97 Å². The van der Waals surface area contributed by atoms with Crippen LogP contribution in [-0.4, -0.2) is 37.9 Å². The molecule has 0 saturated carbocycles. The van der Waals surface area contributed by atoms with Crippen LogP contribution in [0.15, 0.2) is 24.3 Å². The number of rotatable bonds is 4. The van der Waals surface area contributed by atoms with Crippen molar-refractivity contribution in [3.8, 4) is 0 Å². The monoisotopic (exact) mass is 221 g/mol. The number of methoxy groups -OCH3 is 1. The second-order valence-electron chi connectivity index (χ2n) is 3.72. The predicted octanol–water partition coefficient (Wildman–Crippen LogP) is 1.10. The van der Waals surface area contributed by atoms with Crippen molar-refractivity contribution in [3.05, 3.63) is 35.4 Å². The van der Waals surface area contributed by atoms with Crippen molar-refractivity contribution in [1.82, 2.24) is 4.90 Å². The molecule has 0 radical (unpaired) electrons. The molecule has 0 fully saturated rings. The lowest BCUT2D eigenvalue weighted by molar-refractivity contribution is -0.135. The average Bonchev–Trinajstić information content (AvgIpc) is 2.27. The van der Waals surface area contributed by atoms with Crippen LogP contribution in [0.1, 0.15) is 15.9 Å². The highest BCUT2D eigenvalue weighted by Crippen LogP contribution is 2.11. The first-order valence-electron chi connectivity index (χ1n) is 4.91. The Morgan fingerprint density at radius 3 is 2.44 bits per heavy atom. The minimum atomic E-state index is -0.828. The van der Waals surface area contributed by atoms with Crippen LogP contribution in [0.4, 0.5) is 0 Å².